The summed E-state index contributed by atoms with van der Waals surface area (Å²) in [6, 6.07) is 0. The Morgan fingerprint density at radius 3 is 1.95 bits per heavy atom. The molecule has 1 heterocycles. The molecule has 1 saturated heterocycles. The van der Waals surface area contributed by atoms with Crippen LogP contribution in [-0.4, -0.2) is 91.6 Å². The zero-order valence-corrected chi connectivity index (χ0v) is 13.3. The van der Waals surface area contributed by atoms with Crippen molar-refractivity contribution in [3.63, 3.8) is 0 Å². The molecule has 0 saturated carbocycles. The van der Waals surface area contributed by atoms with Crippen molar-refractivity contribution >= 4 is 0 Å². The summed E-state index contributed by atoms with van der Waals surface area (Å²) in [6.07, 6.45) is 0. The van der Waals surface area contributed by atoms with Crippen LogP contribution in [-0.2, 0) is 23.7 Å². The summed E-state index contributed by atoms with van der Waals surface area (Å²) < 4.78 is 25.1. The molecule has 0 aromatic heterocycles. The molecule has 0 unspecified atom stereocenters. The monoisotopic (exact) mass is 293 g/mol. The molecule has 1 aliphatic heterocycles. The van der Waals surface area contributed by atoms with E-state index in [4.69, 9.17) is 23.7 Å². The Balaban J connectivity index is 0.000000370. The Labute approximate surface area is 123 Å². The predicted molar refractivity (Wildman–Crippen MR) is 78.3 cm³/mol. The Morgan fingerprint density at radius 2 is 1.45 bits per heavy atom. The van der Waals surface area contributed by atoms with E-state index in [0.717, 1.165) is 46.1 Å². The maximum atomic E-state index is 5.25. The maximum absolute atomic E-state index is 5.25. The van der Waals surface area contributed by atoms with Crippen LogP contribution in [0.15, 0.2) is 0 Å². The molecule has 1 aliphatic rings. The Kier molecular flexibility index (Phi) is 16.6. The molecule has 1 rings (SSSR count). The minimum atomic E-state index is 0.653. The Bertz CT molecular complexity index is 171. The summed E-state index contributed by atoms with van der Waals surface area (Å²) in [6.45, 7) is 11.3. The van der Waals surface area contributed by atoms with Gasteiger partial charge in [0, 0.05) is 40.5 Å². The number of morpholine rings is 1. The minimum Gasteiger partial charge on any atom is -0.382 e. The topological polar surface area (TPSA) is 49.4 Å². The number of nitrogens with zero attached hydrogens (tertiary/aromatic N) is 1. The summed E-state index contributed by atoms with van der Waals surface area (Å²) in [5.74, 6) is 0. The van der Waals surface area contributed by atoms with Gasteiger partial charge in [0.25, 0.3) is 0 Å². The molecule has 0 aliphatic carbocycles. The lowest BCUT2D eigenvalue weighted by Crippen LogP contribution is -2.38. The van der Waals surface area contributed by atoms with Crippen molar-refractivity contribution in [2.75, 3.05) is 86.7 Å². The third-order valence-corrected chi connectivity index (χ3v) is 2.72. The zero-order valence-electron chi connectivity index (χ0n) is 13.3. The maximum Gasteiger partial charge on any atom is 0.0701 e. The van der Waals surface area contributed by atoms with E-state index in [-0.39, 0.29) is 0 Å². The molecule has 6 nitrogen and oxygen atoms in total. The van der Waals surface area contributed by atoms with Crippen LogP contribution >= 0.6 is 0 Å². The summed E-state index contributed by atoms with van der Waals surface area (Å²) in [4.78, 5) is 2.37. The van der Waals surface area contributed by atoms with Crippen LogP contribution in [0.5, 0.6) is 0 Å². The summed E-state index contributed by atoms with van der Waals surface area (Å²) in [5.41, 5.74) is 0. The first kappa shape index (κ1) is 19.8. The summed E-state index contributed by atoms with van der Waals surface area (Å²) in [5, 5.41) is 0. The van der Waals surface area contributed by atoms with Gasteiger partial charge >= 0.3 is 0 Å². The first-order chi connectivity index (χ1) is 9.85. The lowest BCUT2D eigenvalue weighted by Gasteiger charge is -2.26. The van der Waals surface area contributed by atoms with E-state index < -0.39 is 0 Å². The van der Waals surface area contributed by atoms with Gasteiger partial charge in [0.15, 0.2) is 0 Å². The summed E-state index contributed by atoms with van der Waals surface area (Å²) in [7, 11) is 3.30. The van der Waals surface area contributed by atoms with Crippen LogP contribution in [0, 0.1) is 0 Å². The van der Waals surface area contributed by atoms with Crippen LogP contribution in [0.1, 0.15) is 6.92 Å². The average Bonchev–Trinajstić information content (AvgIpc) is 2.49. The molecule has 0 spiro atoms. The molecule has 0 amide bonds. The highest BCUT2D eigenvalue weighted by Gasteiger charge is 2.08. The van der Waals surface area contributed by atoms with Gasteiger partial charge in [-0.2, -0.15) is 0 Å². The third-order valence-electron chi connectivity index (χ3n) is 2.72. The van der Waals surface area contributed by atoms with Gasteiger partial charge in [0.2, 0.25) is 0 Å². The highest BCUT2D eigenvalue weighted by Crippen LogP contribution is 1.95. The van der Waals surface area contributed by atoms with Crippen LogP contribution in [0.4, 0.5) is 0 Å². The molecule has 0 N–H and O–H groups in total. The predicted octanol–water partition coefficient (Wildman–Crippen LogP) is 0.651. The standard InChI is InChI=1S/C8H17NO2.C6H14O3/c1-2-10-6-3-9-4-7-11-8-5-9;1-7-3-5-9-6-4-8-2/h2-8H2,1H3;3-6H2,1-2H3. The van der Waals surface area contributed by atoms with Gasteiger partial charge in [-0.15, -0.1) is 0 Å². The lowest BCUT2D eigenvalue weighted by molar-refractivity contribution is 0.0219. The number of methoxy groups -OCH3 is 2. The number of rotatable bonds is 10. The Morgan fingerprint density at radius 1 is 0.850 bits per heavy atom. The fraction of sp³-hybridized carbons (Fsp3) is 1.00. The highest BCUT2D eigenvalue weighted by atomic mass is 16.5. The van der Waals surface area contributed by atoms with Crippen molar-refractivity contribution in [1.29, 1.82) is 0 Å². The van der Waals surface area contributed by atoms with E-state index in [1.807, 2.05) is 6.92 Å². The minimum absolute atomic E-state index is 0.653. The van der Waals surface area contributed by atoms with Gasteiger partial charge in [-0.1, -0.05) is 0 Å². The molecular weight excluding hydrogens is 262 g/mol. The lowest BCUT2D eigenvalue weighted by atomic mass is 10.4. The van der Waals surface area contributed by atoms with E-state index in [1.54, 1.807) is 14.2 Å². The van der Waals surface area contributed by atoms with E-state index >= 15 is 0 Å². The second-order valence-electron chi connectivity index (χ2n) is 4.25. The summed E-state index contributed by atoms with van der Waals surface area (Å²) >= 11 is 0. The SMILES string of the molecule is CCOCCN1CCOCC1.COCCOCCOC. The molecule has 1 fully saturated rings. The van der Waals surface area contributed by atoms with Crippen molar-refractivity contribution < 1.29 is 23.7 Å². The normalized spacial score (nSPS) is 15.8. The van der Waals surface area contributed by atoms with Crippen molar-refractivity contribution in [1.82, 2.24) is 4.90 Å². The first-order valence-corrected chi connectivity index (χ1v) is 7.28. The van der Waals surface area contributed by atoms with Crippen molar-refractivity contribution in [3.05, 3.63) is 0 Å². The smallest absolute Gasteiger partial charge is 0.0701 e. The van der Waals surface area contributed by atoms with Gasteiger partial charge < -0.3 is 23.7 Å². The molecular formula is C14H31NO5. The van der Waals surface area contributed by atoms with Crippen molar-refractivity contribution in [2.24, 2.45) is 0 Å². The van der Waals surface area contributed by atoms with Gasteiger partial charge in [0.05, 0.1) is 46.2 Å². The highest BCUT2D eigenvalue weighted by molar-refractivity contribution is 4.60. The van der Waals surface area contributed by atoms with E-state index in [9.17, 15) is 0 Å². The second kappa shape index (κ2) is 16.8. The number of hydrogen-bond donors (Lipinski definition) is 0. The molecule has 0 radical (unpaired) electrons. The molecule has 20 heavy (non-hydrogen) atoms. The van der Waals surface area contributed by atoms with Crippen LogP contribution < -0.4 is 0 Å². The van der Waals surface area contributed by atoms with Gasteiger partial charge in [-0.25, -0.2) is 0 Å². The fourth-order valence-electron chi connectivity index (χ4n) is 1.55. The van der Waals surface area contributed by atoms with E-state index in [1.165, 1.54) is 0 Å². The van der Waals surface area contributed by atoms with Crippen LogP contribution in [0.3, 0.4) is 0 Å². The zero-order chi connectivity index (χ0) is 14.9. The Hall–Kier alpha value is -0.240. The van der Waals surface area contributed by atoms with E-state index in [2.05, 4.69) is 4.90 Å². The van der Waals surface area contributed by atoms with Gasteiger partial charge in [-0.3, -0.25) is 4.90 Å². The van der Waals surface area contributed by atoms with E-state index in [0.29, 0.717) is 26.4 Å². The molecule has 122 valence electrons. The molecule has 6 heteroatoms. The van der Waals surface area contributed by atoms with Gasteiger partial charge in [0.1, 0.15) is 0 Å². The molecule has 0 atom stereocenters. The largest absolute Gasteiger partial charge is 0.382 e. The van der Waals surface area contributed by atoms with Crippen molar-refractivity contribution in [3.8, 4) is 0 Å². The average molecular weight is 293 g/mol. The molecule has 0 aromatic rings. The first-order valence-electron chi connectivity index (χ1n) is 7.28. The van der Waals surface area contributed by atoms with Gasteiger partial charge in [-0.05, 0) is 6.92 Å². The number of hydrogen-bond acceptors (Lipinski definition) is 6. The number of ether oxygens (including phenoxy) is 5. The molecule has 0 bridgehead atoms. The second-order valence-corrected chi connectivity index (χ2v) is 4.25. The van der Waals surface area contributed by atoms with Crippen LogP contribution in [0.2, 0.25) is 0 Å². The quantitative estimate of drug-likeness (QED) is 0.551. The fourth-order valence-corrected chi connectivity index (χ4v) is 1.55. The molecule has 0 aromatic carbocycles. The van der Waals surface area contributed by atoms with Crippen LogP contribution in [0.25, 0.3) is 0 Å². The van der Waals surface area contributed by atoms with Crippen molar-refractivity contribution in [2.45, 2.75) is 6.92 Å². The third kappa shape index (κ3) is 14.2.